The molecular weight excluding hydrogens is 743 g/mol. The van der Waals surface area contributed by atoms with E-state index in [-0.39, 0.29) is 19.4 Å². The fraction of sp³-hybridized carbons (Fsp3) is 0.870. The Morgan fingerprint density at radius 1 is 0.526 bits per heavy atom. The fourth-order valence-corrected chi connectivity index (χ4v) is 7.28. The molecule has 0 heterocycles. The average molecular weight is 831 g/mol. The highest BCUT2D eigenvalue weighted by Crippen LogP contribution is 2.43. The van der Waals surface area contributed by atoms with E-state index in [4.69, 9.17) is 23.6 Å². The van der Waals surface area contributed by atoms with E-state index in [0.717, 1.165) is 64.2 Å². The Balaban J connectivity index is 4.22. The molecule has 0 aliphatic carbocycles. The summed E-state index contributed by atoms with van der Waals surface area (Å²) in [6, 6.07) is 0. The molecule has 11 heteroatoms. The maximum absolute atomic E-state index is 12.6. The number of carbonyl (C=O) groups excluding carboxylic acids is 2. The summed E-state index contributed by atoms with van der Waals surface area (Å²) in [4.78, 5) is 35.0. The Morgan fingerprint density at radius 2 is 0.912 bits per heavy atom. The van der Waals surface area contributed by atoms with Gasteiger partial charge in [0.25, 0.3) is 0 Å². The highest BCUT2D eigenvalue weighted by Gasteiger charge is 2.27. The fourth-order valence-electron chi connectivity index (χ4n) is 6.50. The molecular formula is C46H87O10P. The number of aliphatic hydroxyl groups excluding tert-OH is 2. The summed E-state index contributed by atoms with van der Waals surface area (Å²) in [6.45, 7) is 2.37. The zero-order chi connectivity index (χ0) is 41.9. The van der Waals surface area contributed by atoms with Gasteiger partial charge in [0.1, 0.15) is 12.7 Å². The molecule has 0 saturated carbocycles. The highest BCUT2D eigenvalue weighted by atomic mass is 31.2. The summed E-state index contributed by atoms with van der Waals surface area (Å²) in [5.74, 6) is -0.931. The average Bonchev–Trinajstić information content (AvgIpc) is 3.20. The lowest BCUT2D eigenvalue weighted by molar-refractivity contribution is -0.161. The number of hydrogen-bond acceptors (Lipinski definition) is 9. The van der Waals surface area contributed by atoms with Crippen LogP contribution < -0.4 is 0 Å². The molecule has 0 aromatic heterocycles. The molecule has 0 spiro atoms. The van der Waals surface area contributed by atoms with Crippen LogP contribution in [0.5, 0.6) is 0 Å². The van der Waals surface area contributed by atoms with Crippen LogP contribution in [0.15, 0.2) is 24.3 Å². The third-order valence-electron chi connectivity index (χ3n) is 10.1. The van der Waals surface area contributed by atoms with E-state index in [9.17, 15) is 24.2 Å². The van der Waals surface area contributed by atoms with Crippen molar-refractivity contribution in [3.63, 3.8) is 0 Å². The van der Waals surface area contributed by atoms with Gasteiger partial charge in [-0.3, -0.25) is 18.6 Å². The SMILES string of the molecule is CCCCC/C=C\C/C=C\CCCCCCCC(=O)OC(COC(=O)CCCCCCCCCCCCCCCCCCCCC)COP(=O)(O)OCC(O)CO. The quantitative estimate of drug-likeness (QED) is 0.0234. The Morgan fingerprint density at radius 3 is 1.39 bits per heavy atom. The minimum Gasteiger partial charge on any atom is -0.462 e. The number of unbranched alkanes of at least 4 members (excludes halogenated alkanes) is 26. The third-order valence-corrected chi connectivity index (χ3v) is 11.1. The van der Waals surface area contributed by atoms with Crippen LogP contribution in [0, 0.1) is 0 Å². The minimum absolute atomic E-state index is 0.171. The largest absolute Gasteiger partial charge is 0.472 e. The van der Waals surface area contributed by atoms with Crippen molar-refractivity contribution in [2.24, 2.45) is 0 Å². The number of carbonyl (C=O) groups is 2. The van der Waals surface area contributed by atoms with Gasteiger partial charge in [0.2, 0.25) is 0 Å². The van der Waals surface area contributed by atoms with E-state index in [1.807, 2.05) is 0 Å². The molecule has 0 rings (SSSR count). The summed E-state index contributed by atoms with van der Waals surface area (Å²) in [5.41, 5.74) is 0. The lowest BCUT2D eigenvalue weighted by Gasteiger charge is -2.20. The smallest absolute Gasteiger partial charge is 0.462 e. The molecule has 3 unspecified atom stereocenters. The molecule has 0 aliphatic rings. The Labute approximate surface area is 348 Å². The van der Waals surface area contributed by atoms with Crippen molar-refractivity contribution in [2.45, 2.75) is 232 Å². The van der Waals surface area contributed by atoms with Gasteiger partial charge in [-0.25, -0.2) is 4.57 Å². The second-order valence-corrected chi connectivity index (χ2v) is 17.2. The van der Waals surface area contributed by atoms with E-state index in [0.29, 0.717) is 12.8 Å². The number of esters is 2. The van der Waals surface area contributed by atoms with Crippen LogP contribution in [-0.4, -0.2) is 65.7 Å². The standard InChI is InChI=1S/C46H87O10P/c1-3-5-7-9-11-13-15-17-19-20-21-22-24-25-27-29-31-33-35-37-45(49)53-41-44(42-55-57(51,52)54-40-43(48)39-47)56-46(50)38-36-34-32-30-28-26-23-18-16-14-12-10-8-6-4-2/h12,14,18,23,43-44,47-48H,3-11,13,15-17,19-22,24-42H2,1-2H3,(H,51,52)/b14-12-,23-18-. The van der Waals surface area contributed by atoms with E-state index in [1.165, 1.54) is 116 Å². The molecule has 10 nitrogen and oxygen atoms in total. The van der Waals surface area contributed by atoms with Crippen molar-refractivity contribution in [1.29, 1.82) is 0 Å². The molecule has 0 saturated heterocycles. The molecule has 0 bridgehead atoms. The molecule has 0 amide bonds. The van der Waals surface area contributed by atoms with Gasteiger partial charge in [-0.15, -0.1) is 0 Å². The molecule has 3 atom stereocenters. The number of allylic oxidation sites excluding steroid dienone is 4. The van der Waals surface area contributed by atoms with Crippen LogP contribution in [0.2, 0.25) is 0 Å². The first-order valence-electron chi connectivity index (χ1n) is 23.3. The Bertz CT molecular complexity index is 1000. The third kappa shape index (κ3) is 42.4. The second-order valence-electron chi connectivity index (χ2n) is 15.8. The summed E-state index contributed by atoms with van der Waals surface area (Å²) in [6.07, 6.45) is 42.8. The van der Waals surface area contributed by atoms with Crippen molar-refractivity contribution in [2.75, 3.05) is 26.4 Å². The van der Waals surface area contributed by atoms with Gasteiger partial charge in [-0.2, -0.15) is 0 Å². The molecule has 0 aromatic carbocycles. The van der Waals surface area contributed by atoms with Gasteiger partial charge in [0.05, 0.1) is 19.8 Å². The predicted molar refractivity (Wildman–Crippen MR) is 233 cm³/mol. The van der Waals surface area contributed by atoms with Crippen LogP contribution in [0.25, 0.3) is 0 Å². The first-order valence-corrected chi connectivity index (χ1v) is 24.8. The lowest BCUT2D eigenvalue weighted by Crippen LogP contribution is -2.29. The normalized spacial score (nSPS) is 14.0. The van der Waals surface area contributed by atoms with E-state index in [1.54, 1.807) is 0 Å². The number of ether oxygens (including phenoxy) is 2. The number of phosphoric ester groups is 1. The van der Waals surface area contributed by atoms with Gasteiger partial charge in [0.15, 0.2) is 6.10 Å². The van der Waals surface area contributed by atoms with Crippen molar-refractivity contribution < 1.29 is 47.8 Å². The molecule has 57 heavy (non-hydrogen) atoms. The first-order chi connectivity index (χ1) is 27.7. The monoisotopic (exact) mass is 831 g/mol. The predicted octanol–water partition coefficient (Wildman–Crippen LogP) is 12.6. The van der Waals surface area contributed by atoms with Crippen molar-refractivity contribution in [3.8, 4) is 0 Å². The second kappa shape index (κ2) is 42.6. The number of hydrogen-bond donors (Lipinski definition) is 3. The topological polar surface area (TPSA) is 149 Å². The minimum atomic E-state index is -4.62. The van der Waals surface area contributed by atoms with E-state index >= 15 is 0 Å². The van der Waals surface area contributed by atoms with E-state index in [2.05, 4.69) is 38.2 Å². The van der Waals surface area contributed by atoms with Crippen LogP contribution >= 0.6 is 7.82 Å². The molecule has 0 radical (unpaired) electrons. The van der Waals surface area contributed by atoms with E-state index < -0.39 is 51.8 Å². The summed E-state index contributed by atoms with van der Waals surface area (Å²) < 4.78 is 32.8. The van der Waals surface area contributed by atoms with Crippen molar-refractivity contribution >= 4 is 19.8 Å². The van der Waals surface area contributed by atoms with Gasteiger partial charge in [-0.05, 0) is 44.9 Å². The number of rotatable bonds is 44. The van der Waals surface area contributed by atoms with Gasteiger partial charge in [0, 0.05) is 12.8 Å². The molecule has 336 valence electrons. The van der Waals surface area contributed by atoms with Crippen LogP contribution in [-0.2, 0) is 32.7 Å². The Kier molecular flexibility index (Phi) is 41.4. The summed E-state index contributed by atoms with van der Waals surface area (Å²) in [7, 11) is -4.62. The van der Waals surface area contributed by atoms with Crippen LogP contribution in [0.3, 0.4) is 0 Å². The highest BCUT2D eigenvalue weighted by molar-refractivity contribution is 7.47. The number of aliphatic hydroxyl groups is 2. The molecule has 0 aromatic rings. The van der Waals surface area contributed by atoms with Crippen LogP contribution in [0.1, 0.15) is 219 Å². The molecule has 3 N–H and O–H groups in total. The lowest BCUT2D eigenvalue weighted by atomic mass is 10.0. The maximum atomic E-state index is 12.6. The van der Waals surface area contributed by atoms with Crippen LogP contribution in [0.4, 0.5) is 0 Å². The first kappa shape index (κ1) is 55.5. The van der Waals surface area contributed by atoms with Crippen molar-refractivity contribution in [3.05, 3.63) is 24.3 Å². The summed E-state index contributed by atoms with van der Waals surface area (Å²) >= 11 is 0. The van der Waals surface area contributed by atoms with Gasteiger partial charge in [-0.1, -0.05) is 186 Å². The van der Waals surface area contributed by atoms with Gasteiger partial charge >= 0.3 is 19.8 Å². The molecule has 0 aliphatic heterocycles. The zero-order valence-corrected chi connectivity index (χ0v) is 37.5. The van der Waals surface area contributed by atoms with Crippen molar-refractivity contribution in [1.82, 2.24) is 0 Å². The zero-order valence-electron chi connectivity index (χ0n) is 36.6. The number of phosphoric acid groups is 1. The molecule has 0 fully saturated rings. The summed E-state index contributed by atoms with van der Waals surface area (Å²) in [5, 5.41) is 18.3. The Hall–Kier alpha value is -1.55. The maximum Gasteiger partial charge on any atom is 0.472 e. The van der Waals surface area contributed by atoms with Gasteiger partial charge < -0.3 is 24.6 Å².